The Balaban J connectivity index is 0.00000256. The average molecular weight is 266 g/mol. The second-order valence-corrected chi connectivity index (χ2v) is 4.35. The first-order valence-corrected chi connectivity index (χ1v) is 5.24. The Morgan fingerprint density at radius 1 is 1.24 bits per heavy atom. The molecule has 3 N–H and O–H groups in total. The van der Waals surface area contributed by atoms with E-state index in [0.29, 0.717) is 5.56 Å². The predicted octanol–water partition coefficient (Wildman–Crippen LogP) is 2.71. The van der Waals surface area contributed by atoms with Crippen LogP contribution in [0.2, 0.25) is 0 Å². The molecule has 5 heteroatoms. The summed E-state index contributed by atoms with van der Waals surface area (Å²) in [5, 5.41) is 9.73. The molecule has 0 aromatic heterocycles. The van der Waals surface area contributed by atoms with Gasteiger partial charge in [0.05, 0.1) is 12.1 Å². The fraction of sp³-hybridized carbons (Fsp3) is 0.500. The minimum Gasteiger partial charge on any atom is -0.391 e. The highest BCUT2D eigenvalue weighted by Gasteiger charge is 2.26. The average Bonchev–Trinajstić information content (AvgIpc) is 2.22. The third-order valence-electron chi connectivity index (χ3n) is 2.70. The van der Waals surface area contributed by atoms with Crippen LogP contribution in [0.15, 0.2) is 12.1 Å². The molecule has 0 radical (unpaired) electrons. The number of aliphatic hydroxyl groups is 1. The highest BCUT2D eigenvalue weighted by Crippen LogP contribution is 2.26. The van der Waals surface area contributed by atoms with Crippen molar-refractivity contribution in [1.29, 1.82) is 0 Å². The molecule has 0 amide bonds. The summed E-state index contributed by atoms with van der Waals surface area (Å²) in [5.74, 6) is -1.54. The summed E-state index contributed by atoms with van der Waals surface area (Å²) in [6, 6.07) is 1.48. The van der Waals surface area contributed by atoms with Crippen molar-refractivity contribution < 1.29 is 13.9 Å². The van der Waals surface area contributed by atoms with Gasteiger partial charge in [0.25, 0.3) is 0 Å². The number of halogens is 3. The van der Waals surface area contributed by atoms with Crippen LogP contribution in [0.1, 0.15) is 31.0 Å². The molecular weight excluding hydrogens is 248 g/mol. The monoisotopic (exact) mass is 265 g/mol. The van der Waals surface area contributed by atoms with E-state index in [2.05, 4.69) is 0 Å². The molecule has 0 aliphatic rings. The molecule has 0 heterocycles. The van der Waals surface area contributed by atoms with Crippen molar-refractivity contribution in [2.45, 2.75) is 32.9 Å². The maximum atomic E-state index is 13.7. The molecule has 1 rings (SSSR count). The molecule has 0 spiro atoms. The summed E-state index contributed by atoms with van der Waals surface area (Å²) in [6.45, 7) is 5.03. The van der Waals surface area contributed by atoms with Gasteiger partial charge in [-0.15, -0.1) is 12.4 Å². The molecule has 0 saturated heterocycles. The lowest BCUT2D eigenvalue weighted by molar-refractivity contribution is 0.0951. The van der Waals surface area contributed by atoms with Crippen LogP contribution in [0, 0.1) is 24.5 Å². The zero-order chi connectivity index (χ0) is 12.5. The van der Waals surface area contributed by atoms with Crippen LogP contribution < -0.4 is 5.73 Å². The second-order valence-electron chi connectivity index (χ2n) is 4.35. The Bertz CT molecular complexity index is 385. The van der Waals surface area contributed by atoms with Crippen molar-refractivity contribution in [3.05, 3.63) is 34.9 Å². The van der Waals surface area contributed by atoms with Gasteiger partial charge in [-0.05, 0) is 24.5 Å². The minimum absolute atomic E-state index is 0. The van der Waals surface area contributed by atoms with Crippen LogP contribution in [-0.2, 0) is 0 Å². The first-order valence-electron chi connectivity index (χ1n) is 5.24. The molecule has 0 aliphatic carbocycles. The lowest BCUT2D eigenvalue weighted by Gasteiger charge is -2.23. The smallest absolute Gasteiger partial charge is 0.133 e. The molecule has 0 unspecified atom stereocenters. The molecule has 2 atom stereocenters. The van der Waals surface area contributed by atoms with Gasteiger partial charge in [0, 0.05) is 5.56 Å². The summed E-state index contributed by atoms with van der Waals surface area (Å²) >= 11 is 0. The minimum atomic E-state index is -1.04. The Morgan fingerprint density at radius 3 is 2.24 bits per heavy atom. The maximum Gasteiger partial charge on any atom is 0.133 e. The Labute approximate surface area is 106 Å². The van der Waals surface area contributed by atoms with Gasteiger partial charge < -0.3 is 10.8 Å². The molecule has 0 fully saturated rings. The van der Waals surface area contributed by atoms with Gasteiger partial charge in [0.15, 0.2) is 0 Å². The lowest BCUT2D eigenvalue weighted by atomic mass is 9.93. The van der Waals surface area contributed by atoms with Crippen LogP contribution in [0.25, 0.3) is 0 Å². The van der Waals surface area contributed by atoms with Crippen LogP contribution in [0.3, 0.4) is 0 Å². The zero-order valence-corrected chi connectivity index (χ0v) is 10.9. The molecule has 1 aromatic rings. The van der Waals surface area contributed by atoms with E-state index < -0.39 is 23.8 Å². The van der Waals surface area contributed by atoms with E-state index in [1.165, 1.54) is 19.1 Å². The topological polar surface area (TPSA) is 46.2 Å². The zero-order valence-electron chi connectivity index (χ0n) is 10.1. The summed E-state index contributed by atoms with van der Waals surface area (Å²) < 4.78 is 27.2. The third-order valence-corrected chi connectivity index (χ3v) is 2.70. The number of aliphatic hydroxyl groups excluding tert-OH is 1. The van der Waals surface area contributed by atoms with Gasteiger partial charge in [-0.25, -0.2) is 8.78 Å². The Morgan fingerprint density at radius 2 is 1.76 bits per heavy atom. The number of rotatable bonds is 3. The van der Waals surface area contributed by atoms with E-state index in [4.69, 9.17) is 5.73 Å². The predicted molar refractivity (Wildman–Crippen MR) is 66.1 cm³/mol. The van der Waals surface area contributed by atoms with Crippen LogP contribution in [-0.4, -0.2) is 11.2 Å². The molecule has 17 heavy (non-hydrogen) atoms. The van der Waals surface area contributed by atoms with Crippen molar-refractivity contribution in [2.24, 2.45) is 11.7 Å². The number of hydrogen-bond acceptors (Lipinski definition) is 2. The fourth-order valence-corrected chi connectivity index (χ4v) is 1.57. The summed E-state index contributed by atoms with van der Waals surface area (Å²) in [6.07, 6.45) is -0.967. The van der Waals surface area contributed by atoms with E-state index in [0.717, 1.165) is 0 Å². The molecule has 0 bridgehead atoms. The van der Waals surface area contributed by atoms with Gasteiger partial charge in [0.1, 0.15) is 11.6 Å². The van der Waals surface area contributed by atoms with Crippen molar-refractivity contribution in [2.75, 3.05) is 0 Å². The SMILES string of the molecule is Cc1ccc(F)c([C@H](N)[C@H](O)C(C)C)c1F.Cl. The van der Waals surface area contributed by atoms with Crippen molar-refractivity contribution in [3.8, 4) is 0 Å². The van der Waals surface area contributed by atoms with Gasteiger partial charge in [-0.2, -0.15) is 0 Å². The number of benzene rings is 1. The van der Waals surface area contributed by atoms with Crippen molar-refractivity contribution in [1.82, 2.24) is 0 Å². The molecule has 2 nitrogen and oxygen atoms in total. The number of hydrogen-bond donors (Lipinski definition) is 2. The molecule has 0 aliphatic heterocycles. The second kappa shape index (κ2) is 6.28. The highest BCUT2D eigenvalue weighted by atomic mass is 35.5. The van der Waals surface area contributed by atoms with E-state index in [1.54, 1.807) is 13.8 Å². The summed E-state index contributed by atoms with van der Waals surface area (Å²) in [5.41, 5.74) is 5.77. The standard InChI is InChI=1S/C12H17F2NO.ClH/c1-6(2)12(16)11(15)9-8(13)5-4-7(3)10(9)14;/h4-6,11-12,16H,15H2,1-3H3;1H/t11-,12+;/m0./s1. The number of nitrogens with two attached hydrogens (primary N) is 1. The van der Waals surface area contributed by atoms with E-state index in [9.17, 15) is 13.9 Å². The van der Waals surface area contributed by atoms with Crippen molar-refractivity contribution in [3.63, 3.8) is 0 Å². The molecular formula is C12H18ClF2NO. The highest BCUT2D eigenvalue weighted by molar-refractivity contribution is 5.85. The Kier molecular flexibility index (Phi) is 6.02. The molecule has 1 aromatic carbocycles. The largest absolute Gasteiger partial charge is 0.391 e. The normalized spacial score (nSPS) is 14.4. The van der Waals surface area contributed by atoms with Gasteiger partial charge in [-0.3, -0.25) is 0 Å². The fourth-order valence-electron chi connectivity index (χ4n) is 1.57. The number of aryl methyl sites for hydroxylation is 1. The molecule has 0 saturated carbocycles. The first kappa shape index (κ1) is 16.3. The quantitative estimate of drug-likeness (QED) is 0.883. The summed E-state index contributed by atoms with van der Waals surface area (Å²) in [7, 11) is 0. The van der Waals surface area contributed by atoms with E-state index in [1.807, 2.05) is 0 Å². The molecule has 98 valence electrons. The summed E-state index contributed by atoms with van der Waals surface area (Å²) in [4.78, 5) is 0. The van der Waals surface area contributed by atoms with Crippen LogP contribution in [0.4, 0.5) is 8.78 Å². The lowest BCUT2D eigenvalue weighted by Crippen LogP contribution is -2.32. The first-order chi connectivity index (χ1) is 7.36. The van der Waals surface area contributed by atoms with E-state index in [-0.39, 0.29) is 23.9 Å². The van der Waals surface area contributed by atoms with Crippen molar-refractivity contribution >= 4 is 12.4 Å². The van der Waals surface area contributed by atoms with Gasteiger partial charge >= 0.3 is 0 Å². The maximum absolute atomic E-state index is 13.7. The van der Waals surface area contributed by atoms with E-state index >= 15 is 0 Å². The van der Waals surface area contributed by atoms with Gasteiger partial charge in [0.2, 0.25) is 0 Å². The van der Waals surface area contributed by atoms with Crippen LogP contribution >= 0.6 is 12.4 Å². The third kappa shape index (κ3) is 3.37. The van der Waals surface area contributed by atoms with Gasteiger partial charge in [-0.1, -0.05) is 19.9 Å². The Hall–Kier alpha value is -0.710. The van der Waals surface area contributed by atoms with Crippen LogP contribution in [0.5, 0.6) is 0 Å².